The number of nitrogens with one attached hydrogen (secondary N) is 1. The monoisotopic (exact) mass is 439 g/mol. The molecule has 1 heterocycles. The summed E-state index contributed by atoms with van der Waals surface area (Å²) in [5.74, 6) is 1.54. The summed E-state index contributed by atoms with van der Waals surface area (Å²) in [6, 6.07) is 14.1. The lowest BCUT2D eigenvalue weighted by Gasteiger charge is -2.10. The molecular formula is C19H16Cl3N3OS. The lowest BCUT2D eigenvalue weighted by atomic mass is 10.2. The second-order valence-corrected chi connectivity index (χ2v) is 8.56. The summed E-state index contributed by atoms with van der Waals surface area (Å²) < 4.78 is 12.6. The highest BCUT2D eigenvalue weighted by Crippen LogP contribution is 2.22. The average molecular weight is 441 g/mol. The fourth-order valence-electron chi connectivity index (χ4n) is 2.45. The maximum absolute atomic E-state index is 12.6. The van der Waals surface area contributed by atoms with E-state index in [0.29, 0.717) is 49.6 Å². The van der Waals surface area contributed by atoms with E-state index in [1.54, 1.807) is 49.4 Å². The molecule has 0 saturated carbocycles. The van der Waals surface area contributed by atoms with Gasteiger partial charge in [-0.2, -0.15) is 0 Å². The lowest BCUT2D eigenvalue weighted by Crippen LogP contribution is -2.07. The Labute approximate surface area is 175 Å². The van der Waals surface area contributed by atoms with Gasteiger partial charge in [0.1, 0.15) is 11.6 Å². The molecule has 3 aromatic rings. The molecule has 2 aromatic carbocycles. The van der Waals surface area contributed by atoms with E-state index in [4.69, 9.17) is 34.8 Å². The van der Waals surface area contributed by atoms with E-state index in [2.05, 4.69) is 15.3 Å². The summed E-state index contributed by atoms with van der Waals surface area (Å²) in [6.07, 6.45) is 0. The molecule has 1 N–H and O–H groups in total. The quantitative estimate of drug-likeness (QED) is 0.537. The molecule has 1 atom stereocenters. The third-order valence-corrected chi connectivity index (χ3v) is 5.92. The molecule has 3 rings (SSSR count). The first-order valence-corrected chi connectivity index (χ1v) is 10.5. The van der Waals surface area contributed by atoms with Crippen molar-refractivity contribution in [3.05, 3.63) is 80.7 Å². The van der Waals surface area contributed by atoms with Crippen molar-refractivity contribution in [3.63, 3.8) is 0 Å². The molecule has 0 aliphatic rings. The summed E-state index contributed by atoms with van der Waals surface area (Å²) in [4.78, 5) is 9.47. The van der Waals surface area contributed by atoms with Crippen LogP contribution in [0.2, 0.25) is 15.1 Å². The Kier molecular flexibility index (Phi) is 6.71. The molecule has 0 amide bonds. The normalized spacial score (nSPS) is 12.0. The minimum Gasteiger partial charge on any atom is -0.366 e. The summed E-state index contributed by atoms with van der Waals surface area (Å²) in [5, 5.41) is 5.02. The van der Waals surface area contributed by atoms with Crippen molar-refractivity contribution in [2.45, 2.75) is 24.1 Å². The largest absolute Gasteiger partial charge is 0.366 e. The van der Waals surface area contributed by atoms with Gasteiger partial charge in [0, 0.05) is 32.6 Å². The van der Waals surface area contributed by atoms with Crippen LogP contribution in [0.15, 0.2) is 53.4 Å². The highest BCUT2D eigenvalue weighted by Gasteiger charge is 2.09. The lowest BCUT2D eigenvalue weighted by molar-refractivity contribution is 0.682. The number of hydrogen-bond acceptors (Lipinski definition) is 4. The Morgan fingerprint density at radius 3 is 2.37 bits per heavy atom. The fraction of sp³-hybridized carbons (Fsp3) is 0.158. The first-order valence-electron chi connectivity index (χ1n) is 8.07. The second-order valence-electron chi connectivity index (χ2n) is 5.82. The fourth-order valence-corrected chi connectivity index (χ4v) is 4.07. The van der Waals surface area contributed by atoms with Gasteiger partial charge in [-0.3, -0.25) is 4.21 Å². The van der Waals surface area contributed by atoms with Gasteiger partial charge in [-0.05, 0) is 48.9 Å². The third-order valence-electron chi connectivity index (χ3n) is 3.72. The van der Waals surface area contributed by atoms with Crippen molar-refractivity contribution in [2.75, 3.05) is 5.32 Å². The zero-order valence-electron chi connectivity index (χ0n) is 14.4. The van der Waals surface area contributed by atoms with E-state index in [9.17, 15) is 4.21 Å². The van der Waals surface area contributed by atoms with Gasteiger partial charge in [-0.1, -0.05) is 40.9 Å². The van der Waals surface area contributed by atoms with Crippen molar-refractivity contribution >= 4 is 51.4 Å². The van der Waals surface area contributed by atoms with Gasteiger partial charge in [-0.25, -0.2) is 9.97 Å². The molecule has 0 aliphatic heterocycles. The molecule has 0 bridgehead atoms. The van der Waals surface area contributed by atoms with Gasteiger partial charge in [0.2, 0.25) is 0 Å². The Morgan fingerprint density at radius 2 is 1.67 bits per heavy atom. The van der Waals surface area contributed by atoms with Gasteiger partial charge < -0.3 is 5.32 Å². The molecule has 27 heavy (non-hydrogen) atoms. The summed E-state index contributed by atoms with van der Waals surface area (Å²) in [5.41, 5.74) is 1.60. The van der Waals surface area contributed by atoms with E-state index in [1.807, 2.05) is 6.07 Å². The Bertz CT molecular complexity index is 980. The zero-order chi connectivity index (χ0) is 19.4. The molecular weight excluding hydrogens is 425 g/mol. The number of hydrogen-bond donors (Lipinski definition) is 1. The van der Waals surface area contributed by atoms with Crippen LogP contribution in [-0.4, -0.2) is 14.2 Å². The Morgan fingerprint density at radius 1 is 0.963 bits per heavy atom. The van der Waals surface area contributed by atoms with Gasteiger partial charge >= 0.3 is 0 Å². The van der Waals surface area contributed by atoms with Crippen molar-refractivity contribution in [1.82, 2.24) is 9.97 Å². The smallest absolute Gasteiger partial charge is 0.130 e. The Hall–Kier alpha value is -1.66. The minimum atomic E-state index is -1.22. The molecule has 0 fully saturated rings. The van der Waals surface area contributed by atoms with Gasteiger partial charge in [-0.15, -0.1) is 0 Å². The maximum Gasteiger partial charge on any atom is 0.130 e. The Balaban J connectivity index is 1.72. The van der Waals surface area contributed by atoms with Crippen molar-refractivity contribution < 1.29 is 4.21 Å². The highest BCUT2D eigenvalue weighted by molar-refractivity contribution is 7.84. The molecule has 8 heteroatoms. The number of anilines is 1. The number of aryl methyl sites for hydroxylation is 1. The van der Waals surface area contributed by atoms with Gasteiger partial charge in [0.15, 0.2) is 0 Å². The van der Waals surface area contributed by atoms with Gasteiger partial charge in [0.05, 0.1) is 22.2 Å². The third kappa shape index (κ3) is 5.66. The molecule has 0 spiro atoms. The number of benzene rings is 2. The first kappa shape index (κ1) is 20.1. The van der Waals surface area contributed by atoms with Crippen LogP contribution in [0.5, 0.6) is 0 Å². The van der Waals surface area contributed by atoms with Crippen molar-refractivity contribution in [1.29, 1.82) is 0 Å². The first-order chi connectivity index (χ1) is 12.9. The van der Waals surface area contributed by atoms with Crippen LogP contribution in [0.4, 0.5) is 5.82 Å². The second kappa shape index (κ2) is 9.02. The topological polar surface area (TPSA) is 54.9 Å². The molecule has 1 aromatic heterocycles. The molecule has 0 aliphatic carbocycles. The molecule has 4 nitrogen and oxygen atoms in total. The number of aromatic nitrogens is 2. The van der Waals surface area contributed by atoms with E-state index in [0.717, 1.165) is 5.56 Å². The summed E-state index contributed by atoms with van der Waals surface area (Å²) >= 11 is 18.0. The SMILES string of the molecule is Cc1nc(C[S@](=O)c2ccc(Cl)cc2)cc(NCc2ccc(Cl)cc2Cl)n1. The summed E-state index contributed by atoms with van der Waals surface area (Å²) in [7, 11) is -1.22. The number of nitrogens with zero attached hydrogens (tertiary/aromatic N) is 2. The van der Waals surface area contributed by atoms with Crippen LogP contribution in [0.3, 0.4) is 0 Å². The van der Waals surface area contributed by atoms with E-state index < -0.39 is 10.8 Å². The zero-order valence-corrected chi connectivity index (χ0v) is 17.5. The summed E-state index contributed by atoms with van der Waals surface area (Å²) in [6.45, 7) is 2.29. The standard InChI is InChI=1S/C19H16Cl3N3OS/c1-12-24-16(11-27(26)17-6-4-14(20)5-7-17)9-19(25-12)23-10-13-2-3-15(21)8-18(13)22/h2-9H,10-11H2,1H3,(H,23,24,25)/t27-/m0/s1. The molecule has 140 valence electrons. The van der Waals surface area contributed by atoms with Crippen LogP contribution >= 0.6 is 34.8 Å². The van der Waals surface area contributed by atoms with Crippen LogP contribution in [-0.2, 0) is 23.1 Å². The van der Waals surface area contributed by atoms with Crippen molar-refractivity contribution in [2.24, 2.45) is 0 Å². The predicted molar refractivity (Wildman–Crippen MR) is 112 cm³/mol. The van der Waals surface area contributed by atoms with E-state index in [1.165, 1.54) is 0 Å². The number of rotatable bonds is 6. The van der Waals surface area contributed by atoms with Crippen LogP contribution in [0.25, 0.3) is 0 Å². The van der Waals surface area contributed by atoms with Gasteiger partial charge in [0.25, 0.3) is 0 Å². The highest BCUT2D eigenvalue weighted by atomic mass is 35.5. The maximum atomic E-state index is 12.6. The molecule has 0 unspecified atom stereocenters. The van der Waals surface area contributed by atoms with Crippen LogP contribution in [0, 0.1) is 6.92 Å². The average Bonchev–Trinajstić information content (AvgIpc) is 2.61. The molecule has 0 radical (unpaired) electrons. The van der Waals surface area contributed by atoms with Crippen LogP contribution < -0.4 is 5.32 Å². The molecule has 0 saturated heterocycles. The van der Waals surface area contributed by atoms with Crippen LogP contribution in [0.1, 0.15) is 17.1 Å². The predicted octanol–water partition coefficient (Wildman–Crippen LogP) is 5.67. The van der Waals surface area contributed by atoms with Crippen molar-refractivity contribution in [3.8, 4) is 0 Å². The number of halogens is 3. The minimum absolute atomic E-state index is 0.293. The van der Waals surface area contributed by atoms with E-state index >= 15 is 0 Å². The van der Waals surface area contributed by atoms with E-state index in [-0.39, 0.29) is 0 Å².